The van der Waals surface area contributed by atoms with E-state index >= 15 is 0 Å². The van der Waals surface area contributed by atoms with Crippen LogP contribution in [0.2, 0.25) is 5.02 Å². The molecule has 2 rings (SSSR count). The van der Waals surface area contributed by atoms with E-state index in [1.807, 2.05) is 43.1 Å². The summed E-state index contributed by atoms with van der Waals surface area (Å²) >= 11 is 6.18. The van der Waals surface area contributed by atoms with E-state index in [1.165, 1.54) is 0 Å². The van der Waals surface area contributed by atoms with Gasteiger partial charge in [-0.05, 0) is 32.5 Å². The van der Waals surface area contributed by atoms with E-state index in [-0.39, 0.29) is 18.5 Å². The van der Waals surface area contributed by atoms with Gasteiger partial charge in [-0.1, -0.05) is 35.0 Å². The van der Waals surface area contributed by atoms with Crippen molar-refractivity contribution in [2.45, 2.75) is 19.9 Å². The van der Waals surface area contributed by atoms with Crippen molar-refractivity contribution < 1.29 is 9.32 Å². The third kappa shape index (κ3) is 4.06. The number of carbonyl (C=O) groups is 1. The predicted molar refractivity (Wildman–Crippen MR) is 82.4 cm³/mol. The summed E-state index contributed by atoms with van der Waals surface area (Å²) in [5.74, 6) is 0.934. The lowest BCUT2D eigenvalue weighted by Crippen LogP contribution is -2.32. The van der Waals surface area contributed by atoms with E-state index in [0.717, 1.165) is 5.56 Å². The minimum atomic E-state index is -0.148. The summed E-state index contributed by atoms with van der Waals surface area (Å²) in [4.78, 5) is 13.9. The molecule has 0 spiro atoms. The Morgan fingerprint density at radius 3 is 2.81 bits per heavy atom. The molecule has 0 bridgehead atoms. The average Bonchev–Trinajstić information content (AvgIpc) is 2.83. The fourth-order valence-corrected chi connectivity index (χ4v) is 2.32. The standard InChI is InChI=1S/C15H18ClN3O2/c1-10-8-14(18-21-10)17-15(20)9-19(3)11(2)12-6-4-5-7-13(12)16/h4-8,11H,9H2,1-3H3,(H,17,18,20). The van der Waals surface area contributed by atoms with Crippen molar-refractivity contribution in [1.82, 2.24) is 10.1 Å². The summed E-state index contributed by atoms with van der Waals surface area (Å²) < 4.78 is 4.91. The lowest BCUT2D eigenvalue weighted by molar-refractivity contribution is -0.117. The van der Waals surface area contributed by atoms with Gasteiger partial charge < -0.3 is 9.84 Å². The summed E-state index contributed by atoms with van der Waals surface area (Å²) in [5, 5.41) is 7.13. The summed E-state index contributed by atoms with van der Waals surface area (Å²) in [6.07, 6.45) is 0. The molecule has 1 atom stereocenters. The van der Waals surface area contributed by atoms with Crippen molar-refractivity contribution in [1.29, 1.82) is 0 Å². The molecule has 1 aromatic carbocycles. The lowest BCUT2D eigenvalue weighted by atomic mass is 10.1. The molecule has 1 amide bonds. The van der Waals surface area contributed by atoms with Gasteiger partial charge in [-0.3, -0.25) is 9.69 Å². The Kier molecular flexibility index (Phi) is 4.98. The number of amides is 1. The minimum absolute atomic E-state index is 0.0310. The van der Waals surface area contributed by atoms with Gasteiger partial charge in [-0.2, -0.15) is 0 Å². The minimum Gasteiger partial charge on any atom is -0.360 e. The number of aryl methyl sites for hydroxylation is 1. The normalized spacial score (nSPS) is 12.4. The third-order valence-electron chi connectivity index (χ3n) is 3.30. The molecule has 0 saturated heterocycles. The van der Waals surface area contributed by atoms with E-state index < -0.39 is 0 Å². The third-order valence-corrected chi connectivity index (χ3v) is 3.65. The Morgan fingerprint density at radius 2 is 2.19 bits per heavy atom. The highest BCUT2D eigenvalue weighted by atomic mass is 35.5. The zero-order valence-corrected chi connectivity index (χ0v) is 13.0. The SMILES string of the molecule is Cc1cc(NC(=O)CN(C)C(C)c2ccccc2Cl)no1. The number of likely N-dealkylation sites (N-methyl/N-ethyl adjacent to an activating group) is 1. The van der Waals surface area contributed by atoms with Crippen molar-refractivity contribution in [3.05, 3.63) is 46.7 Å². The smallest absolute Gasteiger partial charge is 0.239 e. The number of hydrogen-bond acceptors (Lipinski definition) is 4. The van der Waals surface area contributed by atoms with Gasteiger partial charge >= 0.3 is 0 Å². The maximum Gasteiger partial charge on any atom is 0.239 e. The number of halogens is 1. The molecule has 0 aliphatic heterocycles. The van der Waals surface area contributed by atoms with E-state index in [4.69, 9.17) is 16.1 Å². The van der Waals surface area contributed by atoms with Gasteiger partial charge in [0.1, 0.15) is 5.76 Å². The van der Waals surface area contributed by atoms with Crippen LogP contribution in [0.1, 0.15) is 24.3 Å². The van der Waals surface area contributed by atoms with Crippen LogP contribution in [0.25, 0.3) is 0 Å². The molecule has 1 heterocycles. The highest BCUT2D eigenvalue weighted by Crippen LogP contribution is 2.25. The van der Waals surface area contributed by atoms with Crippen LogP contribution in [-0.4, -0.2) is 29.6 Å². The summed E-state index contributed by atoms with van der Waals surface area (Å²) in [5.41, 5.74) is 0.992. The van der Waals surface area contributed by atoms with Crippen molar-refractivity contribution in [2.24, 2.45) is 0 Å². The van der Waals surface area contributed by atoms with Crippen LogP contribution in [0, 0.1) is 6.92 Å². The molecule has 2 aromatic rings. The van der Waals surface area contributed by atoms with Crippen LogP contribution in [0.5, 0.6) is 0 Å². The number of carbonyl (C=O) groups excluding carboxylic acids is 1. The molecule has 1 unspecified atom stereocenters. The van der Waals surface area contributed by atoms with Crippen LogP contribution in [0.3, 0.4) is 0 Å². The zero-order chi connectivity index (χ0) is 15.4. The molecule has 0 aliphatic carbocycles. The van der Waals surface area contributed by atoms with Gasteiger partial charge in [0, 0.05) is 17.1 Å². The Balaban J connectivity index is 1.96. The van der Waals surface area contributed by atoms with Gasteiger partial charge in [0.25, 0.3) is 0 Å². The van der Waals surface area contributed by atoms with Crippen molar-refractivity contribution in [3.63, 3.8) is 0 Å². The maximum absolute atomic E-state index is 12.0. The first kappa shape index (κ1) is 15.5. The zero-order valence-electron chi connectivity index (χ0n) is 12.3. The Hall–Kier alpha value is -1.85. The number of nitrogens with one attached hydrogen (secondary N) is 1. The number of benzene rings is 1. The summed E-state index contributed by atoms with van der Waals surface area (Å²) in [6, 6.07) is 9.34. The number of rotatable bonds is 5. The first-order valence-electron chi connectivity index (χ1n) is 6.65. The Bertz CT molecular complexity index is 627. The lowest BCUT2D eigenvalue weighted by Gasteiger charge is -2.25. The maximum atomic E-state index is 12.0. The monoisotopic (exact) mass is 307 g/mol. The molecule has 1 aromatic heterocycles. The van der Waals surface area contributed by atoms with Gasteiger partial charge in [0.15, 0.2) is 5.82 Å². The van der Waals surface area contributed by atoms with E-state index in [2.05, 4.69) is 10.5 Å². The summed E-state index contributed by atoms with van der Waals surface area (Å²) in [7, 11) is 1.88. The molecule has 0 aliphatic rings. The fourth-order valence-electron chi connectivity index (χ4n) is 2.02. The van der Waals surface area contributed by atoms with Crippen LogP contribution >= 0.6 is 11.6 Å². The van der Waals surface area contributed by atoms with E-state index in [0.29, 0.717) is 16.6 Å². The van der Waals surface area contributed by atoms with Crippen LogP contribution in [0.15, 0.2) is 34.9 Å². The van der Waals surface area contributed by atoms with Gasteiger partial charge in [0.2, 0.25) is 5.91 Å². The molecule has 0 radical (unpaired) electrons. The second kappa shape index (κ2) is 6.74. The molecule has 6 heteroatoms. The molecular formula is C15H18ClN3O2. The van der Waals surface area contributed by atoms with Crippen LogP contribution < -0.4 is 5.32 Å². The fraction of sp³-hybridized carbons (Fsp3) is 0.333. The molecule has 112 valence electrons. The Morgan fingerprint density at radius 1 is 1.48 bits per heavy atom. The quantitative estimate of drug-likeness (QED) is 0.921. The second-order valence-electron chi connectivity index (χ2n) is 4.98. The number of anilines is 1. The second-order valence-corrected chi connectivity index (χ2v) is 5.39. The molecule has 0 saturated carbocycles. The molecule has 5 nitrogen and oxygen atoms in total. The first-order valence-corrected chi connectivity index (χ1v) is 7.03. The topological polar surface area (TPSA) is 58.4 Å². The Labute approximate surface area is 128 Å². The van der Waals surface area contributed by atoms with E-state index in [1.54, 1.807) is 13.0 Å². The molecule has 21 heavy (non-hydrogen) atoms. The van der Waals surface area contributed by atoms with Crippen molar-refractivity contribution >= 4 is 23.3 Å². The van der Waals surface area contributed by atoms with Gasteiger partial charge in [0.05, 0.1) is 6.54 Å². The van der Waals surface area contributed by atoms with Crippen LogP contribution in [-0.2, 0) is 4.79 Å². The van der Waals surface area contributed by atoms with Crippen molar-refractivity contribution in [3.8, 4) is 0 Å². The van der Waals surface area contributed by atoms with Gasteiger partial charge in [-0.15, -0.1) is 0 Å². The predicted octanol–water partition coefficient (Wildman–Crippen LogP) is 3.27. The average molecular weight is 308 g/mol. The van der Waals surface area contributed by atoms with Crippen LogP contribution in [0.4, 0.5) is 5.82 Å². The van der Waals surface area contributed by atoms with Crippen molar-refractivity contribution in [2.75, 3.05) is 18.9 Å². The number of aromatic nitrogens is 1. The molecule has 0 fully saturated rings. The largest absolute Gasteiger partial charge is 0.360 e. The first-order chi connectivity index (χ1) is 9.97. The number of nitrogens with zero attached hydrogens (tertiary/aromatic N) is 2. The molecular weight excluding hydrogens is 290 g/mol. The summed E-state index contributed by atoms with van der Waals surface area (Å²) in [6.45, 7) is 4.02. The highest BCUT2D eigenvalue weighted by Gasteiger charge is 2.17. The number of hydrogen-bond donors (Lipinski definition) is 1. The van der Waals surface area contributed by atoms with Gasteiger partial charge in [-0.25, -0.2) is 0 Å². The molecule has 1 N–H and O–H groups in total. The highest BCUT2D eigenvalue weighted by molar-refractivity contribution is 6.31. The van der Waals surface area contributed by atoms with E-state index in [9.17, 15) is 4.79 Å².